The lowest BCUT2D eigenvalue weighted by Gasteiger charge is -2.62. The Morgan fingerprint density at radius 1 is 0.759 bits per heavy atom. The van der Waals surface area contributed by atoms with Crippen molar-refractivity contribution in [2.24, 2.45) is 99.1 Å². The first-order valence-corrected chi connectivity index (χ1v) is 25.1. The van der Waals surface area contributed by atoms with Crippen molar-refractivity contribution < 1.29 is 29.6 Å². The van der Waals surface area contributed by atoms with Gasteiger partial charge in [-0.2, -0.15) is 0 Å². The van der Waals surface area contributed by atoms with Crippen molar-refractivity contribution in [2.45, 2.75) is 193 Å². The van der Waals surface area contributed by atoms with Crippen LogP contribution in [0.4, 0.5) is 0 Å². The Kier molecular flexibility index (Phi) is 10.3. The Balaban J connectivity index is 0.750. The van der Waals surface area contributed by atoms with Gasteiger partial charge in [-0.3, -0.25) is 14.5 Å². The second-order valence-electron chi connectivity index (χ2n) is 24.6. The third-order valence-corrected chi connectivity index (χ3v) is 22.3. The van der Waals surface area contributed by atoms with E-state index < -0.39 is 5.60 Å². The molecule has 22 atom stereocenters. The van der Waals surface area contributed by atoms with Crippen LogP contribution in [0.25, 0.3) is 0 Å². The van der Waals surface area contributed by atoms with Crippen molar-refractivity contribution in [1.82, 2.24) is 4.90 Å². The molecule has 0 bridgehead atoms. The molecule has 0 aromatic carbocycles. The molecule has 0 radical (unpaired) electrons. The van der Waals surface area contributed by atoms with E-state index in [9.17, 15) is 24.9 Å². The van der Waals surface area contributed by atoms with E-state index in [4.69, 9.17) is 4.74 Å². The number of hydrogen-bond donors (Lipinski definition) is 3. The lowest BCUT2D eigenvalue weighted by molar-refractivity contribution is -0.175. The molecule has 10 fully saturated rings. The average molecular weight is 804 g/mol. The van der Waals surface area contributed by atoms with Gasteiger partial charge in [-0.1, -0.05) is 34.6 Å². The molecule has 1 unspecified atom stereocenters. The summed E-state index contributed by atoms with van der Waals surface area (Å²) in [6.07, 6.45) is 18.3. The lowest BCUT2D eigenvalue weighted by Crippen LogP contribution is -2.67. The number of hydrogen-bond acceptors (Lipinski definition) is 7. The minimum atomic E-state index is -0.622. The van der Waals surface area contributed by atoms with Gasteiger partial charge < -0.3 is 20.1 Å². The van der Waals surface area contributed by atoms with Crippen LogP contribution in [0.2, 0.25) is 0 Å². The largest absolute Gasteiger partial charge is 0.462 e. The predicted molar refractivity (Wildman–Crippen MR) is 225 cm³/mol. The van der Waals surface area contributed by atoms with Crippen LogP contribution in [0.15, 0.2) is 0 Å². The minimum Gasteiger partial charge on any atom is -0.462 e. The maximum absolute atomic E-state index is 14.2. The summed E-state index contributed by atoms with van der Waals surface area (Å²) in [6.45, 7) is 16.6. The first-order chi connectivity index (χ1) is 27.5. The van der Waals surface area contributed by atoms with Crippen molar-refractivity contribution in [3.05, 3.63) is 0 Å². The molecule has 10 aliphatic rings. The van der Waals surface area contributed by atoms with E-state index in [0.29, 0.717) is 108 Å². The summed E-state index contributed by atoms with van der Waals surface area (Å²) in [6, 6.07) is 0.301. The fourth-order valence-electron chi connectivity index (χ4n) is 19.4. The normalized spacial score (nSPS) is 56.6. The zero-order valence-electron chi connectivity index (χ0n) is 37.3. The van der Waals surface area contributed by atoms with Crippen molar-refractivity contribution in [1.29, 1.82) is 0 Å². The number of carbonyl (C=O) groups excluding carboxylic acids is 2. The molecule has 8 aliphatic carbocycles. The van der Waals surface area contributed by atoms with Gasteiger partial charge in [0.25, 0.3) is 0 Å². The van der Waals surface area contributed by atoms with Crippen LogP contribution in [-0.2, 0) is 14.3 Å². The number of Topliss-reactive ketones (excluding diaryl/α,β-unsaturated/α-hetero) is 1. The Labute approximate surface area is 351 Å². The summed E-state index contributed by atoms with van der Waals surface area (Å²) in [5, 5.41) is 34.3. The standard InChI is InChI=1S/C51H81NO6/c1-28-7-13-45-51(6,57)38-10-9-33-34(36(38)27-52(45)26-28)24-41-35(33)25-43(54)42-23-32(16-19-50(41,42)5)58-46(56)14-8-29(2)37-11-12-39-47-40(17-20-49(37,39)4)48(3)18-15-31(53)21-30(48)22-44(47)55/h28-42,44-45,47,53,55,57H,7-27H2,1-6H3/t28-,29+,30-,31+,32-,33+,34+,35-,36-,37+,38-,39-,40?,41-,42+,44+,45-,47-,48-,49+,50+,51-/m0/s1. The summed E-state index contributed by atoms with van der Waals surface area (Å²) < 4.78 is 6.32. The molecule has 326 valence electrons. The fraction of sp³-hybridized carbons (Fsp3) is 0.961. The molecular formula is C51H81NO6. The van der Waals surface area contributed by atoms with Crippen molar-refractivity contribution >= 4 is 11.8 Å². The summed E-state index contributed by atoms with van der Waals surface area (Å²) >= 11 is 0. The van der Waals surface area contributed by atoms with Crippen LogP contribution in [0, 0.1) is 99.1 Å². The molecule has 2 heterocycles. The Morgan fingerprint density at radius 2 is 1.50 bits per heavy atom. The molecule has 0 aromatic rings. The second-order valence-corrected chi connectivity index (χ2v) is 24.6. The number of aliphatic hydroxyl groups is 3. The molecular weight excluding hydrogens is 723 g/mol. The van der Waals surface area contributed by atoms with Gasteiger partial charge in [0.1, 0.15) is 11.9 Å². The van der Waals surface area contributed by atoms with E-state index >= 15 is 0 Å². The number of rotatable bonds is 5. The molecule has 0 spiro atoms. The molecule has 2 saturated heterocycles. The van der Waals surface area contributed by atoms with Crippen LogP contribution in [0.3, 0.4) is 0 Å². The van der Waals surface area contributed by atoms with Gasteiger partial charge in [0, 0.05) is 37.9 Å². The summed E-state index contributed by atoms with van der Waals surface area (Å²) in [5.41, 5.74) is -0.188. The molecule has 7 nitrogen and oxygen atoms in total. The third-order valence-electron chi connectivity index (χ3n) is 22.3. The topological polar surface area (TPSA) is 107 Å². The molecule has 2 aliphatic heterocycles. The molecule has 10 rings (SSSR count). The van der Waals surface area contributed by atoms with Gasteiger partial charge in [0.15, 0.2) is 0 Å². The number of ether oxygens (including phenoxy) is 1. The molecule has 0 amide bonds. The molecule has 8 saturated carbocycles. The quantitative estimate of drug-likeness (QED) is 0.239. The molecule has 0 aromatic heterocycles. The van der Waals surface area contributed by atoms with Gasteiger partial charge in [0.05, 0.1) is 17.8 Å². The van der Waals surface area contributed by atoms with E-state index in [1.165, 1.54) is 44.9 Å². The number of piperidine rings is 2. The maximum atomic E-state index is 14.2. The SMILES string of the molecule is C[C@H]1CC[C@@H]2N(C1)C[C@H]1[C@@H]3C[C@H]4[C@@H](CC(=O)[C@H]5C[C@@H](OC(=O)CC[C@@H](C)[C@H]6CC[C@H]7[C@H]8C(CC[C@]67C)[C@@]6(C)CC[C@@H](O)C[C@H]6C[C@H]8O)CC[C@@]54C)[C@@H]3CC[C@@H]1[C@]2(C)O. The Morgan fingerprint density at radius 3 is 2.31 bits per heavy atom. The average Bonchev–Trinajstić information content (AvgIpc) is 3.73. The zero-order valence-corrected chi connectivity index (χ0v) is 37.3. The van der Waals surface area contributed by atoms with Crippen LogP contribution in [0.1, 0.15) is 164 Å². The summed E-state index contributed by atoms with van der Waals surface area (Å²) in [4.78, 5) is 30.5. The maximum Gasteiger partial charge on any atom is 0.306 e. The Hall–Kier alpha value is -1.02. The number of aliphatic hydroxyl groups excluding tert-OH is 2. The van der Waals surface area contributed by atoms with E-state index in [1.54, 1.807) is 0 Å². The van der Waals surface area contributed by atoms with Gasteiger partial charge in [-0.15, -0.1) is 0 Å². The zero-order chi connectivity index (χ0) is 40.7. The van der Waals surface area contributed by atoms with Crippen LogP contribution >= 0.6 is 0 Å². The van der Waals surface area contributed by atoms with Crippen molar-refractivity contribution in [3.8, 4) is 0 Å². The number of nitrogens with zero attached hydrogens (tertiary/aromatic N) is 1. The highest BCUT2D eigenvalue weighted by molar-refractivity contribution is 5.83. The highest BCUT2D eigenvalue weighted by atomic mass is 16.5. The van der Waals surface area contributed by atoms with Crippen LogP contribution in [-0.4, -0.2) is 75.0 Å². The van der Waals surface area contributed by atoms with Gasteiger partial charge >= 0.3 is 5.97 Å². The lowest BCUT2D eigenvalue weighted by atomic mass is 9.43. The van der Waals surface area contributed by atoms with Crippen molar-refractivity contribution in [2.75, 3.05) is 13.1 Å². The minimum absolute atomic E-state index is 0.00573. The number of ketones is 1. The predicted octanol–water partition coefficient (Wildman–Crippen LogP) is 8.84. The number of carbonyl (C=O) groups is 2. The van der Waals surface area contributed by atoms with E-state index in [-0.39, 0.29) is 46.4 Å². The van der Waals surface area contributed by atoms with Crippen LogP contribution < -0.4 is 0 Å². The monoisotopic (exact) mass is 804 g/mol. The van der Waals surface area contributed by atoms with E-state index in [0.717, 1.165) is 70.9 Å². The first-order valence-electron chi connectivity index (χ1n) is 25.1. The Bertz CT molecular complexity index is 1600. The van der Waals surface area contributed by atoms with Crippen LogP contribution in [0.5, 0.6) is 0 Å². The smallest absolute Gasteiger partial charge is 0.306 e. The van der Waals surface area contributed by atoms with Gasteiger partial charge in [-0.05, 0) is 209 Å². The highest BCUT2D eigenvalue weighted by Crippen LogP contribution is 2.69. The van der Waals surface area contributed by atoms with E-state index in [2.05, 4.69) is 46.4 Å². The number of esters is 1. The highest BCUT2D eigenvalue weighted by Gasteiger charge is 2.66. The summed E-state index contributed by atoms with van der Waals surface area (Å²) in [7, 11) is 0. The second kappa shape index (κ2) is 14.5. The fourth-order valence-corrected chi connectivity index (χ4v) is 19.4. The van der Waals surface area contributed by atoms with Gasteiger partial charge in [-0.25, -0.2) is 0 Å². The summed E-state index contributed by atoms with van der Waals surface area (Å²) in [5.74, 6) is 7.15. The van der Waals surface area contributed by atoms with Crippen molar-refractivity contribution in [3.63, 3.8) is 0 Å². The molecule has 3 N–H and O–H groups in total. The molecule has 58 heavy (non-hydrogen) atoms. The third kappa shape index (κ3) is 6.18. The van der Waals surface area contributed by atoms with E-state index in [1.807, 2.05) is 0 Å². The first kappa shape index (κ1) is 41.0. The molecule has 7 heteroatoms. The number of fused-ring (bicyclic) bond motifs is 13. The van der Waals surface area contributed by atoms with Gasteiger partial charge in [0.2, 0.25) is 0 Å².